The summed E-state index contributed by atoms with van der Waals surface area (Å²) in [6.07, 6.45) is 0. The van der Waals surface area contributed by atoms with Gasteiger partial charge >= 0.3 is 0 Å². The summed E-state index contributed by atoms with van der Waals surface area (Å²) < 4.78 is 1.21. The molecule has 3 rings (SSSR count). The standard InChI is InChI=1S/C12H10N4O3/c1-6-4-10(19)16-12(13-6)14-11(15-16)7-2-3-8(17)9(18)5-7/h2-5,17-18H,1H3,(H,13,14,15). The molecule has 0 unspecified atom stereocenters. The van der Waals surface area contributed by atoms with E-state index in [1.54, 1.807) is 13.0 Å². The predicted octanol–water partition coefficient (Wildman–Crippen LogP) is 0.804. The Morgan fingerprint density at radius 3 is 2.68 bits per heavy atom. The van der Waals surface area contributed by atoms with Gasteiger partial charge in [0.15, 0.2) is 17.3 Å². The molecule has 19 heavy (non-hydrogen) atoms. The predicted molar refractivity (Wildman–Crippen MR) is 67.1 cm³/mol. The molecule has 0 saturated carbocycles. The van der Waals surface area contributed by atoms with Gasteiger partial charge in [-0.3, -0.25) is 9.89 Å². The number of hydrogen-bond donors (Lipinski definition) is 3. The average Bonchev–Trinajstić information content (AvgIpc) is 2.76. The number of nitrogens with one attached hydrogen (secondary N) is 1. The van der Waals surface area contributed by atoms with E-state index in [0.717, 1.165) is 0 Å². The van der Waals surface area contributed by atoms with E-state index < -0.39 is 0 Å². The molecule has 0 fully saturated rings. The van der Waals surface area contributed by atoms with Crippen LogP contribution in [0.2, 0.25) is 0 Å². The second-order valence-electron chi connectivity index (χ2n) is 4.15. The van der Waals surface area contributed by atoms with Crippen LogP contribution in [0.15, 0.2) is 29.1 Å². The van der Waals surface area contributed by atoms with Crippen LogP contribution >= 0.6 is 0 Å². The Hall–Kier alpha value is -2.83. The summed E-state index contributed by atoms with van der Waals surface area (Å²) in [4.78, 5) is 20.0. The lowest BCUT2D eigenvalue weighted by molar-refractivity contribution is 0.404. The van der Waals surface area contributed by atoms with E-state index in [9.17, 15) is 15.0 Å². The number of hydrogen-bond acceptors (Lipinski definition) is 5. The van der Waals surface area contributed by atoms with Crippen LogP contribution in [0, 0.1) is 6.92 Å². The largest absolute Gasteiger partial charge is 0.504 e. The number of benzene rings is 1. The van der Waals surface area contributed by atoms with E-state index in [0.29, 0.717) is 17.1 Å². The van der Waals surface area contributed by atoms with Gasteiger partial charge in [0, 0.05) is 17.3 Å². The third kappa shape index (κ3) is 1.81. The summed E-state index contributed by atoms with van der Waals surface area (Å²) in [7, 11) is 0. The van der Waals surface area contributed by atoms with Crippen molar-refractivity contribution in [1.29, 1.82) is 0 Å². The highest BCUT2D eigenvalue weighted by Crippen LogP contribution is 2.28. The molecule has 2 aromatic heterocycles. The summed E-state index contributed by atoms with van der Waals surface area (Å²) >= 11 is 0. The maximum atomic E-state index is 11.7. The molecular weight excluding hydrogens is 248 g/mol. The molecule has 0 spiro atoms. The smallest absolute Gasteiger partial charge is 0.274 e. The summed E-state index contributed by atoms with van der Waals surface area (Å²) in [6, 6.07) is 5.66. The van der Waals surface area contributed by atoms with Crippen molar-refractivity contribution in [2.45, 2.75) is 6.92 Å². The average molecular weight is 258 g/mol. The first kappa shape index (κ1) is 11.3. The molecule has 0 radical (unpaired) electrons. The van der Waals surface area contributed by atoms with Gasteiger partial charge in [-0.05, 0) is 25.1 Å². The number of phenolic OH excluding ortho intramolecular Hbond substituents is 2. The van der Waals surface area contributed by atoms with Gasteiger partial charge in [0.1, 0.15) is 0 Å². The van der Waals surface area contributed by atoms with Gasteiger partial charge in [-0.1, -0.05) is 0 Å². The number of rotatable bonds is 1. The summed E-state index contributed by atoms with van der Waals surface area (Å²) in [5.74, 6) is 0.165. The Kier molecular flexibility index (Phi) is 2.28. The zero-order valence-electron chi connectivity index (χ0n) is 9.95. The highest BCUT2D eigenvalue weighted by molar-refractivity contribution is 5.61. The quantitative estimate of drug-likeness (QED) is 0.560. The molecule has 0 amide bonds. The van der Waals surface area contributed by atoms with Gasteiger partial charge in [-0.25, -0.2) is 4.98 Å². The fraction of sp³-hybridized carbons (Fsp3) is 0.0833. The molecule has 0 bridgehead atoms. The van der Waals surface area contributed by atoms with E-state index in [4.69, 9.17) is 0 Å². The summed E-state index contributed by atoms with van der Waals surface area (Å²) in [6.45, 7) is 1.71. The summed E-state index contributed by atoms with van der Waals surface area (Å²) in [5.41, 5.74) is 0.860. The number of aromatic hydroxyl groups is 2. The first-order valence-corrected chi connectivity index (χ1v) is 5.53. The van der Waals surface area contributed by atoms with Crippen molar-refractivity contribution in [2.24, 2.45) is 0 Å². The molecule has 0 aliphatic carbocycles. The van der Waals surface area contributed by atoms with Gasteiger partial charge < -0.3 is 10.2 Å². The van der Waals surface area contributed by atoms with Crippen LogP contribution in [-0.4, -0.2) is 29.8 Å². The Morgan fingerprint density at radius 2 is 1.95 bits per heavy atom. The molecular formula is C12H10N4O3. The number of H-pyrrole nitrogens is 1. The second-order valence-corrected chi connectivity index (χ2v) is 4.15. The van der Waals surface area contributed by atoms with Crippen molar-refractivity contribution in [3.63, 3.8) is 0 Å². The monoisotopic (exact) mass is 258 g/mol. The third-order valence-electron chi connectivity index (χ3n) is 2.71. The van der Waals surface area contributed by atoms with Crippen molar-refractivity contribution >= 4 is 5.78 Å². The minimum Gasteiger partial charge on any atom is -0.504 e. The normalized spacial score (nSPS) is 11.0. The van der Waals surface area contributed by atoms with E-state index >= 15 is 0 Å². The molecule has 3 aromatic rings. The maximum Gasteiger partial charge on any atom is 0.274 e. The summed E-state index contributed by atoms with van der Waals surface area (Å²) in [5, 5.41) is 21.5. The zero-order valence-corrected chi connectivity index (χ0v) is 9.95. The van der Waals surface area contributed by atoms with E-state index in [1.165, 1.54) is 22.7 Å². The molecule has 0 aliphatic rings. The zero-order chi connectivity index (χ0) is 13.6. The number of aromatic nitrogens is 4. The maximum absolute atomic E-state index is 11.7. The third-order valence-corrected chi connectivity index (χ3v) is 2.71. The van der Waals surface area contributed by atoms with Crippen LogP contribution in [0.4, 0.5) is 0 Å². The lowest BCUT2D eigenvalue weighted by Crippen LogP contribution is -2.14. The Bertz CT molecular complexity index is 835. The number of aromatic amines is 1. The van der Waals surface area contributed by atoms with E-state index in [2.05, 4.69) is 15.1 Å². The SMILES string of the molecule is Cc1cc(=O)n2[nH]c(-c3ccc(O)c(O)c3)nc2n1. The Labute approximate surface area is 106 Å². The first-order chi connectivity index (χ1) is 9.04. The molecule has 0 atom stereocenters. The Morgan fingerprint density at radius 1 is 1.16 bits per heavy atom. The van der Waals surface area contributed by atoms with Crippen LogP contribution in [0.5, 0.6) is 11.5 Å². The molecule has 3 N–H and O–H groups in total. The molecule has 7 heteroatoms. The number of fused-ring (bicyclic) bond motifs is 1. The highest BCUT2D eigenvalue weighted by atomic mass is 16.3. The van der Waals surface area contributed by atoms with Crippen LogP contribution in [0.3, 0.4) is 0 Å². The minimum atomic E-state index is -0.260. The molecule has 96 valence electrons. The van der Waals surface area contributed by atoms with Gasteiger partial charge in [-0.2, -0.15) is 9.50 Å². The van der Waals surface area contributed by atoms with E-state index in [1.807, 2.05) is 0 Å². The van der Waals surface area contributed by atoms with Crippen molar-refractivity contribution in [3.8, 4) is 22.9 Å². The van der Waals surface area contributed by atoms with Crippen LogP contribution in [0.25, 0.3) is 17.2 Å². The Balaban J connectivity index is 2.23. The first-order valence-electron chi connectivity index (χ1n) is 5.53. The van der Waals surface area contributed by atoms with Gasteiger partial charge in [0.2, 0.25) is 0 Å². The molecule has 1 aromatic carbocycles. The van der Waals surface area contributed by atoms with Crippen LogP contribution in [-0.2, 0) is 0 Å². The fourth-order valence-electron chi connectivity index (χ4n) is 1.79. The van der Waals surface area contributed by atoms with Crippen LogP contribution in [0.1, 0.15) is 5.69 Å². The molecule has 0 saturated heterocycles. The minimum absolute atomic E-state index is 0.217. The van der Waals surface area contributed by atoms with Gasteiger partial charge in [0.05, 0.1) is 0 Å². The number of aryl methyl sites for hydroxylation is 1. The second kappa shape index (κ2) is 3.84. The van der Waals surface area contributed by atoms with Crippen molar-refractivity contribution in [2.75, 3.05) is 0 Å². The lowest BCUT2D eigenvalue weighted by Gasteiger charge is -1.99. The van der Waals surface area contributed by atoms with Crippen molar-refractivity contribution in [1.82, 2.24) is 19.6 Å². The molecule has 0 aliphatic heterocycles. The van der Waals surface area contributed by atoms with Gasteiger partial charge in [0.25, 0.3) is 11.3 Å². The van der Waals surface area contributed by atoms with Crippen molar-refractivity contribution < 1.29 is 10.2 Å². The van der Waals surface area contributed by atoms with E-state index in [-0.39, 0.29) is 22.8 Å². The number of phenols is 2. The lowest BCUT2D eigenvalue weighted by atomic mass is 10.2. The fourth-order valence-corrected chi connectivity index (χ4v) is 1.79. The molecule has 7 nitrogen and oxygen atoms in total. The van der Waals surface area contributed by atoms with Crippen molar-refractivity contribution in [3.05, 3.63) is 40.3 Å². The van der Waals surface area contributed by atoms with Gasteiger partial charge in [-0.15, -0.1) is 0 Å². The molecule has 2 heterocycles. The number of nitrogens with zero attached hydrogens (tertiary/aromatic N) is 3. The topological polar surface area (TPSA) is 104 Å². The highest BCUT2D eigenvalue weighted by Gasteiger charge is 2.10. The van der Waals surface area contributed by atoms with Crippen LogP contribution < -0.4 is 5.56 Å².